The first-order chi connectivity index (χ1) is 9.51. The molecule has 20 heavy (non-hydrogen) atoms. The topological polar surface area (TPSA) is 132 Å². The minimum atomic E-state index is -0.567. The Bertz CT molecular complexity index is 626. The van der Waals surface area contributed by atoms with Crippen molar-refractivity contribution in [1.82, 2.24) is 9.97 Å². The maximum Gasteiger partial charge on any atom is 0.329 e. The van der Waals surface area contributed by atoms with Crippen molar-refractivity contribution < 1.29 is 9.34 Å². The van der Waals surface area contributed by atoms with Crippen LogP contribution in [0.1, 0.15) is 24.5 Å². The molecule has 2 rings (SSSR count). The lowest BCUT2D eigenvalue weighted by atomic mass is 10.2. The molecule has 0 bridgehead atoms. The van der Waals surface area contributed by atoms with E-state index in [0.29, 0.717) is 5.76 Å². The number of nitrogens with one attached hydrogen (secondary N) is 2. The van der Waals surface area contributed by atoms with Gasteiger partial charge in [-0.05, 0) is 26.0 Å². The van der Waals surface area contributed by atoms with Crippen LogP contribution in [0.15, 0.2) is 22.7 Å². The number of hydrazine groups is 1. The van der Waals surface area contributed by atoms with E-state index in [-0.39, 0.29) is 23.5 Å². The molecule has 0 aliphatic carbocycles. The number of aromatic nitrogens is 2. The maximum absolute atomic E-state index is 11.0. The number of nitrogen functional groups attached to an aromatic ring is 1. The van der Waals surface area contributed by atoms with Crippen LogP contribution in [-0.4, -0.2) is 14.9 Å². The minimum absolute atomic E-state index is 0.0690. The number of rotatable bonds is 5. The van der Waals surface area contributed by atoms with Gasteiger partial charge in [0.1, 0.15) is 17.7 Å². The average Bonchev–Trinajstić information content (AvgIpc) is 2.85. The molecule has 0 saturated heterocycles. The third-order valence-electron chi connectivity index (χ3n) is 2.64. The zero-order chi connectivity index (χ0) is 14.7. The van der Waals surface area contributed by atoms with E-state index in [0.717, 1.165) is 12.0 Å². The van der Waals surface area contributed by atoms with Crippen molar-refractivity contribution in [2.75, 3.05) is 10.7 Å². The molecule has 2 aromatic heterocycles. The van der Waals surface area contributed by atoms with Crippen molar-refractivity contribution in [1.29, 1.82) is 0 Å². The average molecular weight is 278 g/mol. The van der Waals surface area contributed by atoms with Crippen LogP contribution in [0.3, 0.4) is 0 Å². The third-order valence-corrected chi connectivity index (χ3v) is 2.64. The predicted molar refractivity (Wildman–Crippen MR) is 72.0 cm³/mol. The summed E-state index contributed by atoms with van der Waals surface area (Å²) in [6, 6.07) is 3.32. The zero-order valence-corrected chi connectivity index (χ0v) is 11.0. The van der Waals surface area contributed by atoms with E-state index in [4.69, 9.17) is 10.3 Å². The number of anilines is 2. The highest BCUT2D eigenvalue weighted by Crippen LogP contribution is 2.27. The molecule has 9 heteroatoms. The van der Waals surface area contributed by atoms with E-state index in [9.17, 15) is 10.1 Å². The summed E-state index contributed by atoms with van der Waals surface area (Å²) < 4.78 is 5.46. The van der Waals surface area contributed by atoms with Crippen LogP contribution in [0.2, 0.25) is 0 Å². The molecule has 0 aliphatic heterocycles. The van der Waals surface area contributed by atoms with Gasteiger partial charge in [-0.2, -0.15) is 4.98 Å². The SMILES string of the molecule is Cc1ccc(C(C)Nc2nc(NN)ncc2[N+](=O)[O-])o1. The molecule has 106 valence electrons. The second kappa shape index (κ2) is 5.53. The van der Waals surface area contributed by atoms with Crippen molar-refractivity contribution in [2.24, 2.45) is 5.84 Å². The molecule has 0 aromatic carbocycles. The van der Waals surface area contributed by atoms with E-state index >= 15 is 0 Å². The van der Waals surface area contributed by atoms with Gasteiger partial charge in [0.2, 0.25) is 11.8 Å². The van der Waals surface area contributed by atoms with Crippen molar-refractivity contribution in [2.45, 2.75) is 19.9 Å². The highest BCUT2D eigenvalue weighted by Gasteiger charge is 2.20. The van der Waals surface area contributed by atoms with Crippen LogP contribution >= 0.6 is 0 Å². The molecule has 2 heterocycles. The van der Waals surface area contributed by atoms with E-state index in [2.05, 4.69) is 20.7 Å². The van der Waals surface area contributed by atoms with Crippen LogP contribution in [0.4, 0.5) is 17.5 Å². The number of furan rings is 1. The lowest BCUT2D eigenvalue weighted by molar-refractivity contribution is -0.384. The first-order valence-electron chi connectivity index (χ1n) is 5.82. The van der Waals surface area contributed by atoms with Gasteiger partial charge in [-0.1, -0.05) is 0 Å². The summed E-state index contributed by atoms with van der Waals surface area (Å²) in [5.41, 5.74) is 2.01. The van der Waals surface area contributed by atoms with Gasteiger partial charge >= 0.3 is 5.69 Å². The molecule has 0 fully saturated rings. The molecule has 0 aliphatic rings. The normalized spacial score (nSPS) is 11.9. The minimum Gasteiger partial charge on any atom is -0.464 e. The molecular formula is C11H14N6O3. The Morgan fingerprint density at radius 1 is 1.50 bits per heavy atom. The van der Waals surface area contributed by atoms with E-state index in [1.165, 1.54) is 0 Å². The number of nitrogens with zero attached hydrogens (tertiary/aromatic N) is 3. The first kappa shape index (κ1) is 13.7. The standard InChI is InChI=1S/C11H14N6O3/c1-6-3-4-9(20-6)7(2)14-10-8(17(18)19)5-13-11(15-10)16-12/h3-5,7H,12H2,1-2H3,(H2,13,14,15,16). The molecule has 1 atom stereocenters. The maximum atomic E-state index is 11.0. The molecule has 4 N–H and O–H groups in total. The highest BCUT2D eigenvalue weighted by molar-refractivity contribution is 5.57. The van der Waals surface area contributed by atoms with Crippen LogP contribution in [0.25, 0.3) is 0 Å². The molecule has 9 nitrogen and oxygen atoms in total. The van der Waals surface area contributed by atoms with Crippen molar-refractivity contribution in [3.63, 3.8) is 0 Å². The Morgan fingerprint density at radius 3 is 2.80 bits per heavy atom. The Hall–Kier alpha value is -2.68. The zero-order valence-electron chi connectivity index (χ0n) is 11.0. The van der Waals surface area contributed by atoms with Gasteiger partial charge in [0.25, 0.3) is 0 Å². The number of hydrogen-bond acceptors (Lipinski definition) is 8. The summed E-state index contributed by atoms with van der Waals surface area (Å²) in [6.45, 7) is 3.62. The van der Waals surface area contributed by atoms with Crippen molar-refractivity contribution in [3.05, 3.63) is 40.0 Å². The van der Waals surface area contributed by atoms with Gasteiger partial charge in [-0.3, -0.25) is 15.5 Å². The third kappa shape index (κ3) is 2.83. The summed E-state index contributed by atoms with van der Waals surface area (Å²) in [5.74, 6) is 6.76. The Balaban J connectivity index is 2.29. The second-order valence-corrected chi connectivity index (χ2v) is 4.14. The van der Waals surface area contributed by atoms with Gasteiger partial charge in [0.05, 0.1) is 11.0 Å². The molecule has 0 saturated carbocycles. The highest BCUT2D eigenvalue weighted by atomic mass is 16.6. The molecular weight excluding hydrogens is 264 g/mol. The fraction of sp³-hybridized carbons (Fsp3) is 0.273. The van der Waals surface area contributed by atoms with Crippen LogP contribution in [0.5, 0.6) is 0 Å². The number of nitro groups is 1. The first-order valence-corrected chi connectivity index (χ1v) is 5.82. The second-order valence-electron chi connectivity index (χ2n) is 4.14. The van der Waals surface area contributed by atoms with Gasteiger partial charge < -0.3 is 9.73 Å². The molecule has 0 amide bonds. The smallest absolute Gasteiger partial charge is 0.329 e. The largest absolute Gasteiger partial charge is 0.464 e. The van der Waals surface area contributed by atoms with Gasteiger partial charge in [0.15, 0.2) is 0 Å². The lowest BCUT2D eigenvalue weighted by Crippen LogP contribution is -2.14. The quantitative estimate of drug-likeness (QED) is 0.428. The Kier molecular flexibility index (Phi) is 3.80. The Labute approximate surface area is 114 Å². The van der Waals surface area contributed by atoms with E-state index in [1.54, 1.807) is 13.0 Å². The number of nitrogens with two attached hydrogens (primary N) is 1. The van der Waals surface area contributed by atoms with E-state index < -0.39 is 4.92 Å². The summed E-state index contributed by atoms with van der Waals surface area (Å²) in [7, 11) is 0. The number of aryl methyl sites for hydroxylation is 1. The fourth-order valence-electron chi connectivity index (χ4n) is 1.65. The predicted octanol–water partition coefficient (Wildman–Crippen LogP) is 1.74. The molecule has 0 spiro atoms. The van der Waals surface area contributed by atoms with Crippen molar-refractivity contribution >= 4 is 17.5 Å². The van der Waals surface area contributed by atoms with Gasteiger partial charge in [0, 0.05) is 0 Å². The van der Waals surface area contributed by atoms with Crippen LogP contribution in [0, 0.1) is 17.0 Å². The number of hydrogen-bond donors (Lipinski definition) is 3. The molecule has 0 radical (unpaired) electrons. The summed E-state index contributed by atoms with van der Waals surface area (Å²) in [6.07, 6.45) is 1.09. The van der Waals surface area contributed by atoms with E-state index in [1.807, 2.05) is 13.0 Å². The lowest BCUT2D eigenvalue weighted by Gasteiger charge is -2.12. The monoisotopic (exact) mass is 278 g/mol. The van der Waals surface area contributed by atoms with Gasteiger partial charge in [-0.15, -0.1) is 0 Å². The van der Waals surface area contributed by atoms with Crippen molar-refractivity contribution in [3.8, 4) is 0 Å². The fourth-order valence-corrected chi connectivity index (χ4v) is 1.65. The molecule has 1 unspecified atom stereocenters. The summed E-state index contributed by atoms with van der Waals surface area (Å²) in [4.78, 5) is 18.0. The summed E-state index contributed by atoms with van der Waals surface area (Å²) >= 11 is 0. The van der Waals surface area contributed by atoms with Crippen LogP contribution < -0.4 is 16.6 Å². The van der Waals surface area contributed by atoms with Gasteiger partial charge in [-0.25, -0.2) is 10.8 Å². The Morgan fingerprint density at radius 2 is 2.25 bits per heavy atom. The molecule has 2 aromatic rings. The summed E-state index contributed by atoms with van der Waals surface area (Å²) in [5, 5.41) is 13.9. The van der Waals surface area contributed by atoms with Crippen LogP contribution in [-0.2, 0) is 0 Å².